The first-order valence-corrected chi connectivity index (χ1v) is 12.8. The maximum Gasteiger partial charge on any atom is 0.249 e. The van der Waals surface area contributed by atoms with Crippen LogP contribution >= 0.6 is 0 Å². The van der Waals surface area contributed by atoms with Crippen LogP contribution in [0.1, 0.15) is 74.1 Å². The van der Waals surface area contributed by atoms with Gasteiger partial charge in [-0.15, -0.1) is 0 Å². The van der Waals surface area contributed by atoms with Crippen LogP contribution in [0.4, 0.5) is 0 Å². The van der Waals surface area contributed by atoms with Crippen molar-refractivity contribution in [2.75, 3.05) is 26.7 Å². The molecule has 0 aliphatic carbocycles. The molecule has 2 heterocycles. The summed E-state index contributed by atoms with van der Waals surface area (Å²) in [7, 11) is 1.79. The predicted octanol–water partition coefficient (Wildman–Crippen LogP) is 3.05. The first-order valence-electron chi connectivity index (χ1n) is 12.8. The number of piperidine rings is 1. The molecule has 33 heavy (non-hydrogen) atoms. The Balaban J connectivity index is 2.16. The Kier molecular flexibility index (Phi) is 9.95. The third-order valence-electron chi connectivity index (χ3n) is 7.12. The normalized spacial score (nSPS) is 21.7. The summed E-state index contributed by atoms with van der Waals surface area (Å²) >= 11 is 0. The molecule has 2 rings (SSSR count). The third-order valence-corrected chi connectivity index (χ3v) is 7.12. The average molecular weight is 463 g/mol. The number of hydrogen-bond acceptors (Lipinski definition) is 4. The topological polar surface area (TPSA) is 73.0 Å². The summed E-state index contributed by atoms with van der Waals surface area (Å²) in [6, 6.07) is -0.711. The average Bonchev–Trinajstić information content (AvgIpc) is 2.72. The third kappa shape index (κ3) is 6.81. The Morgan fingerprint density at radius 3 is 2.06 bits per heavy atom. The first-order chi connectivity index (χ1) is 15.5. The molecule has 7 nitrogen and oxygen atoms in total. The Morgan fingerprint density at radius 1 is 0.939 bits per heavy atom. The minimum absolute atomic E-state index is 0.0411. The summed E-state index contributed by atoms with van der Waals surface area (Å²) in [6.07, 6.45) is 5.94. The minimum atomic E-state index is -0.598. The molecular weight excluding hydrogens is 416 g/mol. The zero-order chi connectivity index (χ0) is 24.9. The van der Waals surface area contributed by atoms with E-state index in [0.717, 1.165) is 45.3 Å². The molecule has 1 N–H and O–H groups in total. The van der Waals surface area contributed by atoms with Gasteiger partial charge in [-0.05, 0) is 58.4 Å². The van der Waals surface area contributed by atoms with E-state index < -0.39 is 6.04 Å². The van der Waals surface area contributed by atoms with Gasteiger partial charge in [-0.3, -0.25) is 19.3 Å². The number of carbonyl (C=O) groups excluding carboxylic acids is 3. The molecule has 0 aromatic rings. The molecule has 0 spiro atoms. The first kappa shape index (κ1) is 27.4. The zero-order valence-corrected chi connectivity index (χ0v) is 22.1. The van der Waals surface area contributed by atoms with E-state index in [2.05, 4.69) is 37.9 Å². The van der Waals surface area contributed by atoms with Crippen molar-refractivity contribution in [3.63, 3.8) is 0 Å². The van der Waals surface area contributed by atoms with Crippen molar-refractivity contribution < 1.29 is 14.4 Å². The highest BCUT2D eigenvalue weighted by Crippen LogP contribution is 2.22. The highest BCUT2D eigenvalue weighted by Gasteiger charge is 2.36. The van der Waals surface area contributed by atoms with E-state index in [-0.39, 0.29) is 41.6 Å². The van der Waals surface area contributed by atoms with Crippen molar-refractivity contribution in [2.24, 2.45) is 11.8 Å². The molecule has 3 atom stereocenters. The molecule has 0 aromatic carbocycles. The van der Waals surface area contributed by atoms with Gasteiger partial charge in [0.1, 0.15) is 6.04 Å². The quantitative estimate of drug-likeness (QED) is 0.535. The van der Waals surface area contributed by atoms with Crippen LogP contribution in [0.2, 0.25) is 0 Å². The molecule has 2 aliphatic heterocycles. The summed E-state index contributed by atoms with van der Waals surface area (Å²) in [4.78, 5) is 45.3. The monoisotopic (exact) mass is 462 g/mol. The molecule has 2 fully saturated rings. The molecule has 2 aliphatic rings. The van der Waals surface area contributed by atoms with Gasteiger partial charge in [-0.25, -0.2) is 0 Å². The largest absolute Gasteiger partial charge is 0.343 e. The van der Waals surface area contributed by atoms with Gasteiger partial charge in [0.2, 0.25) is 17.7 Å². The minimum Gasteiger partial charge on any atom is -0.343 e. The molecule has 0 bridgehead atoms. The number of likely N-dealkylation sites (tertiary alicyclic amines) is 2. The number of rotatable bonds is 9. The van der Waals surface area contributed by atoms with Gasteiger partial charge in [-0.1, -0.05) is 40.2 Å². The second kappa shape index (κ2) is 12.0. The van der Waals surface area contributed by atoms with E-state index in [4.69, 9.17) is 0 Å². The summed E-state index contributed by atoms with van der Waals surface area (Å²) in [5.74, 6) is -0.0152. The molecule has 188 valence electrons. The Labute approximate surface area is 200 Å². The van der Waals surface area contributed by atoms with Gasteiger partial charge in [0.15, 0.2) is 0 Å². The molecular formula is C26H46N4O3. The maximum absolute atomic E-state index is 13.6. The Hall–Kier alpha value is -1.89. The van der Waals surface area contributed by atoms with E-state index in [1.165, 1.54) is 0 Å². The van der Waals surface area contributed by atoms with Crippen molar-refractivity contribution in [1.29, 1.82) is 0 Å². The predicted molar refractivity (Wildman–Crippen MR) is 133 cm³/mol. The highest BCUT2D eigenvalue weighted by atomic mass is 16.2. The van der Waals surface area contributed by atoms with E-state index in [0.29, 0.717) is 11.6 Å². The number of nitrogens with one attached hydrogen (secondary N) is 1. The number of nitrogens with zero attached hydrogens (tertiary/aromatic N) is 3. The van der Waals surface area contributed by atoms with Crippen LogP contribution in [-0.2, 0) is 14.4 Å². The summed E-state index contributed by atoms with van der Waals surface area (Å²) in [5.41, 5.74) is 0.674. The molecule has 0 radical (unpaired) electrons. The van der Waals surface area contributed by atoms with Crippen molar-refractivity contribution in [1.82, 2.24) is 20.0 Å². The smallest absolute Gasteiger partial charge is 0.249 e. The summed E-state index contributed by atoms with van der Waals surface area (Å²) in [6.45, 7) is 16.6. The summed E-state index contributed by atoms with van der Waals surface area (Å²) in [5, 5.41) is 3.09. The number of likely N-dealkylation sites (N-methyl/N-ethyl adjacent to an activating group) is 1. The van der Waals surface area contributed by atoms with Crippen molar-refractivity contribution in [2.45, 2.75) is 98.3 Å². The lowest BCUT2D eigenvalue weighted by Gasteiger charge is -2.39. The van der Waals surface area contributed by atoms with Crippen molar-refractivity contribution in [3.05, 3.63) is 11.6 Å². The summed E-state index contributed by atoms with van der Waals surface area (Å²) < 4.78 is 0. The molecule has 7 heteroatoms. The van der Waals surface area contributed by atoms with E-state index in [1.807, 2.05) is 31.7 Å². The van der Waals surface area contributed by atoms with Gasteiger partial charge in [0, 0.05) is 31.8 Å². The van der Waals surface area contributed by atoms with Gasteiger partial charge in [0.25, 0.3) is 0 Å². The SMILES string of the molecule is C/C(=C\[C@H](C(C)C)N(C)C(=O)[C@@H](NC(=O)C1CCCCN1C(C)C)C(C)C)C(=O)N1CCC1. The standard InChI is InChI=1S/C26H46N4O3/c1-17(2)22(16-20(7)25(32)29-13-11-14-29)28(8)26(33)23(18(3)4)27-24(31)21-12-9-10-15-30(21)19(5)6/h16-19,21-23H,9-15H2,1-8H3,(H,27,31)/b20-16+/t21?,22-,23+/m1/s1. The van der Waals surface area contributed by atoms with Gasteiger partial charge in [0.05, 0.1) is 12.1 Å². The molecule has 3 amide bonds. The highest BCUT2D eigenvalue weighted by molar-refractivity contribution is 5.94. The van der Waals surface area contributed by atoms with Crippen molar-refractivity contribution >= 4 is 17.7 Å². The lowest BCUT2D eigenvalue weighted by Crippen LogP contribution is -2.58. The second-order valence-electron chi connectivity index (χ2n) is 10.8. The lowest BCUT2D eigenvalue weighted by molar-refractivity contribution is -0.140. The van der Waals surface area contributed by atoms with Crippen LogP contribution in [-0.4, -0.2) is 83.3 Å². The fourth-order valence-corrected chi connectivity index (χ4v) is 4.83. The Bertz CT molecular complexity index is 727. The lowest BCUT2D eigenvalue weighted by atomic mass is 9.95. The van der Waals surface area contributed by atoms with Crippen LogP contribution in [0.3, 0.4) is 0 Å². The second-order valence-corrected chi connectivity index (χ2v) is 10.8. The Morgan fingerprint density at radius 2 is 1.58 bits per heavy atom. The van der Waals surface area contributed by atoms with Gasteiger partial charge in [-0.2, -0.15) is 0 Å². The van der Waals surface area contributed by atoms with E-state index in [9.17, 15) is 14.4 Å². The van der Waals surface area contributed by atoms with Crippen LogP contribution in [0.5, 0.6) is 0 Å². The molecule has 1 unspecified atom stereocenters. The van der Waals surface area contributed by atoms with Gasteiger partial charge < -0.3 is 15.1 Å². The maximum atomic E-state index is 13.6. The number of carbonyl (C=O) groups is 3. The van der Waals surface area contributed by atoms with Crippen molar-refractivity contribution in [3.8, 4) is 0 Å². The molecule has 0 aromatic heterocycles. The van der Waals surface area contributed by atoms with Crippen LogP contribution in [0, 0.1) is 11.8 Å². The number of amides is 3. The van der Waals surface area contributed by atoms with Crippen LogP contribution in [0.25, 0.3) is 0 Å². The number of hydrogen-bond donors (Lipinski definition) is 1. The van der Waals surface area contributed by atoms with Crippen LogP contribution < -0.4 is 5.32 Å². The molecule has 2 saturated heterocycles. The van der Waals surface area contributed by atoms with Gasteiger partial charge >= 0.3 is 0 Å². The van der Waals surface area contributed by atoms with E-state index >= 15 is 0 Å². The van der Waals surface area contributed by atoms with E-state index in [1.54, 1.807) is 11.9 Å². The van der Waals surface area contributed by atoms with Crippen LogP contribution in [0.15, 0.2) is 11.6 Å². The fraction of sp³-hybridized carbons (Fsp3) is 0.808. The molecule has 0 saturated carbocycles. The fourth-order valence-electron chi connectivity index (χ4n) is 4.83. The zero-order valence-electron chi connectivity index (χ0n) is 22.1.